The average Bonchev–Trinajstić information content (AvgIpc) is 2.56. The van der Waals surface area contributed by atoms with Crippen LogP contribution in [-0.2, 0) is 6.54 Å². The molecule has 0 radical (unpaired) electrons. The molecule has 0 saturated heterocycles. The van der Waals surface area contributed by atoms with E-state index in [1.165, 1.54) is 12.1 Å². The van der Waals surface area contributed by atoms with E-state index in [0.29, 0.717) is 18.3 Å². The van der Waals surface area contributed by atoms with Gasteiger partial charge in [0.1, 0.15) is 11.6 Å². The molecule has 3 rings (SSSR count). The molecule has 0 amide bonds. The molecular formula is C18H16BrFN4. The third-order valence-corrected chi connectivity index (χ3v) is 4.05. The van der Waals surface area contributed by atoms with E-state index >= 15 is 0 Å². The Morgan fingerprint density at radius 2 is 1.79 bits per heavy atom. The first-order chi connectivity index (χ1) is 11.6. The molecule has 0 bridgehead atoms. The second-order valence-electron chi connectivity index (χ2n) is 5.30. The van der Waals surface area contributed by atoms with Crippen molar-refractivity contribution >= 4 is 33.4 Å². The van der Waals surface area contributed by atoms with Crippen LogP contribution in [0, 0.1) is 12.7 Å². The minimum Gasteiger partial charge on any atom is -0.366 e. The summed E-state index contributed by atoms with van der Waals surface area (Å²) in [6.45, 7) is 2.47. The van der Waals surface area contributed by atoms with E-state index in [4.69, 9.17) is 0 Å². The van der Waals surface area contributed by atoms with Gasteiger partial charge >= 0.3 is 0 Å². The Kier molecular flexibility index (Phi) is 5.05. The van der Waals surface area contributed by atoms with Gasteiger partial charge in [-0.25, -0.2) is 9.37 Å². The number of benzene rings is 2. The van der Waals surface area contributed by atoms with Gasteiger partial charge in [0.25, 0.3) is 0 Å². The van der Waals surface area contributed by atoms with Crippen LogP contribution in [0.2, 0.25) is 0 Å². The number of hydrogen-bond acceptors (Lipinski definition) is 4. The van der Waals surface area contributed by atoms with Crippen molar-refractivity contribution < 1.29 is 4.39 Å². The first-order valence-corrected chi connectivity index (χ1v) is 8.25. The summed E-state index contributed by atoms with van der Waals surface area (Å²) < 4.78 is 13.9. The van der Waals surface area contributed by atoms with Crippen molar-refractivity contribution in [3.63, 3.8) is 0 Å². The average molecular weight is 387 g/mol. The van der Waals surface area contributed by atoms with Crippen molar-refractivity contribution in [1.29, 1.82) is 0 Å². The van der Waals surface area contributed by atoms with Gasteiger partial charge in [-0.1, -0.05) is 24.3 Å². The molecule has 4 nitrogen and oxygen atoms in total. The summed E-state index contributed by atoms with van der Waals surface area (Å²) in [6, 6.07) is 16.0. The van der Waals surface area contributed by atoms with Crippen molar-refractivity contribution in [3.05, 3.63) is 76.1 Å². The third kappa shape index (κ3) is 4.29. The van der Waals surface area contributed by atoms with Gasteiger partial charge in [-0.05, 0) is 52.7 Å². The number of hydrogen-bond donors (Lipinski definition) is 2. The molecule has 0 atom stereocenters. The molecule has 0 unspecified atom stereocenters. The lowest BCUT2D eigenvalue weighted by Gasteiger charge is -2.11. The quantitative estimate of drug-likeness (QED) is 0.644. The summed E-state index contributed by atoms with van der Waals surface area (Å²) in [5, 5.41) is 6.44. The summed E-state index contributed by atoms with van der Waals surface area (Å²) in [4.78, 5) is 8.88. The summed E-state index contributed by atoms with van der Waals surface area (Å²) >= 11 is 3.49. The monoisotopic (exact) mass is 386 g/mol. The van der Waals surface area contributed by atoms with Crippen LogP contribution in [0.15, 0.2) is 59.1 Å². The maximum Gasteiger partial charge on any atom is 0.229 e. The molecule has 0 saturated carbocycles. The van der Waals surface area contributed by atoms with Crippen LogP contribution >= 0.6 is 15.9 Å². The van der Waals surface area contributed by atoms with E-state index < -0.39 is 0 Å². The highest BCUT2D eigenvalue weighted by Gasteiger charge is 2.05. The maximum atomic E-state index is 12.9. The van der Waals surface area contributed by atoms with Gasteiger partial charge in [0.05, 0.1) is 5.69 Å². The molecule has 0 spiro atoms. The minimum absolute atomic E-state index is 0.239. The second-order valence-corrected chi connectivity index (χ2v) is 6.16. The number of halogens is 2. The zero-order chi connectivity index (χ0) is 16.9. The fourth-order valence-electron chi connectivity index (χ4n) is 2.19. The summed E-state index contributed by atoms with van der Waals surface area (Å²) in [5.74, 6) is 0.987. The standard InChI is InChI=1S/C18H16BrFN4/c1-12-10-17(21-11-13-6-8-14(20)9-7-13)24-18(22-12)23-16-5-3-2-4-15(16)19/h2-10H,11H2,1H3,(H2,21,22,23,24). The number of rotatable bonds is 5. The summed E-state index contributed by atoms with van der Waals surface area (Å²) in [7, 11) is 0. The molecule has 0 aliphatic rings. The van der Waals surface area contributed by atoms with Crippen molar-refractivity contribution in [2.45, 2.75) is 13.5 Å². The van der Waals surface area contributed by atoms with Gasteiger partial charge in [0.15, 0.2) is 0 Å². The molecule has 2 N–H and O–H groups in total. The van der Waals surface area contributed by atoms with E-state index in [-0.39, 0.29) is 5.82 Å². The summed E-state index contributed by atoms with van der Waals surface area (Å²) in [6.07, 6.45) is 0. The molecule has 2 aromatic carbocycles. The molecule has 6 heteroatoms. The van der Waals surface area contributed by atoms with Crippen molar-refractivity contribution in [3.8, 4) is 0 Å². The number of anilines is 3. The van der Waals surface area contributed by atoms with E-state index in [2.05, 4.69) is 36.5 Å². The number of para-hydroxylation sites is 1. The first-order valence-electron chi connectivity index (χ1n) is 7.46. The molecule has 24 heavy (non-hydrogen) atoms. The molecule has 1 aromatic heterocycles. The number of aryl methyl sites for hydroxylation is 1. The van der Waals surface area contributed by atoms with Crippen LogP contribution in [0.1, 0.15) is 11.3 Å². The minimum atomic E-state index is -0.239. The maximum absolute atomic E-state index is 12.9. The van der Waals surface area contributed by atoms with Crippen LogP contribution in [0.4, 0.5) is 21.8 Å². The van der Waals surface area contributed by atoms with Crippen molar-refractivity contribution in [2.75, 3.05) is 10.6 Å². The Labute approximate surface area is 148 Å². The van der Waals surface area contributed by atoms with Crippen LogP contribution in [0.3, 0.4) is 0 Å². The van der Waals surface area contributed by atoms with E-state index in [0.717, 1.165) is 21.4 Å². The molecule has 122 valence electrons. The predicted octanol–water partition coefficient (Wildman–Crippen LogP) is 5.04. The predicted molar refractivity (Wildman–Crippen MR) is 97.9 cm³/mol. The van der Waals surface area contributed by atoms with Gasteiger partial charge in [-0.3, -0.25) is 0 Å². The summed E-state index contributed by atoms with van der Waals surface area (Å²) in [5.41, 5.74) is 2.72. The van der Waals surface area contributed by atoms with Gasteiger partial charge in [0.2, 0.25) is 5.95 Å². The van der Waals surface area contributed by atoms with Crippen LogP contribution < -0.4 is 10.6 Å². The second kappa shape index (κ2) is 7.40. The Balaban J connectivity index is 1.74. The smallest absolute Gasteiger partial charge is 0.229 e. The SMILES string of the molecule is Cc1cc(NCc2ccc(F)cc2)nc(Nc2ccccc2Br)n1. The Morgan fingerprint density at radius 3 is 2.54 bits per heavy atom. The molecule has 3 aromatic rings. The topological polar surface area (TPSA) is 49.8 Å². The number of nitrogens with zero attached hydrogens (tertiary/aromatic N) is 2. The number of nitrogens with one attached hydrogen (secondary N) is 2. The third-order valence-electron chi connectivity index (χ3n) is 3.36. The van der Waals surface area contributed by atoms with Crippen LogP contribution in [-0.4, -0.2) is 9.97 Å². The lowest BCUT2D eigenvalue weighted by molar-refractivity contribution is 0.627. The van der Waals surface area contributed by atoms with E-state index in [1.807, 2.05) is 37.3 Å². The number of aromatic nitrogens is 2. The van der Waals surface area contributed by atoms with Crippen molar-refractivity contribution in [1.82, 2.24) is 9.97 Å². The van der Waals surface area contributed by atoms with Crippen molar-refractivity contribution in [2.24, 2.45) is 0 Å². The van der Waals surface area contributed by atoms with E-state index in [1.54, 1.807) is 12.1 Å². The van der Waals surface area contributed by atoms with Gasteiger partial charge in [-0.2, -0.15) is 4.98 Å². The molecule has 0 fully saturated rings. The lowest BCUT2D eigenvalue weighted by atomic mass is 10.2. The highest BCUT2D eigenvalue weighted by Crippen LogP contribution is 2.24. The molecular weight excluding hydrogens is 371 g/mol. The fourth-order valence-corrected chi connectivity index (χ4v) is 2.58. The zero-order valence-electron chi connectivity index (χ0n) is 13.1. The Morgan fingerprint density at radius 1 is 1.04 bits per heavy atom. The highest BCUT2D eigenvalue weighted by atomic mass is 79.9. The van der Waals surface area contributed by atoms with Gasteiger partial charge < -0.3 is 10.6 Å². The Bertz CT molecular complexity index is 837. The van der Waals surface area contributed by atoms with Gasteiger partial charge in [-0.15, -0.1) is 0 Å². The molecule has 0 aliphatic carbocycles. The molecule has 0 aliphatic heterocycles. The zero-order valence-corrected chi connectivity index (χ0v) is 14.6. The fraction of sp³-hybridized carbons (Fsp3) is 0.111. The Hall–Kier alpha value is -2.47. The molecule has 1 heterocycles. The first kappa shape index (κ1) is 16.4. The van der Waals surface area contributed by atoms with E-state index in [9.17, 15) is 4.39 Å². The van der Waals surface area contributed by atoms with Crippen LogP contribution in [0.25, 0.3) is 0 Å². The lowest BCUT2D eigenvalue weighted by Crippen LogP contribution is -2.05. The largest absolute Gasteiger partial charge is 0.366 e. The normalized spacial score (nSPS) is 10.5. The van der Waals surface area contributed by atoms with Crippen LogP contribution in [0.5, 0.6) is 0 Å². The van der Waals surface area contributed by atoms with Gasteiger partial charge in [0, 0.05) is 22.8 Å². The highest BCUT2D eigenvalue weighted by molar-refractivity contribution is 9.10.